The van der Waals surface area contributed by atoms with Crippen molar-refractivity contribution in [2.45, 2.75) is 31.6 Å². The molecule has 0 radical (unpaired) electrons. The first kappa shape index (κ1) is 12.9. The fraction of sp³-hybridized carbons (Fsp3) is 0.294. The zero-order valence-electron chi connectivity index (χ0n) is 11.9. The molecule has 98 valence electrons. The van der Waals surface area contributed by atoms with Crippen LogP contribution in [0.2, 0.25) is 25.2 Å². The highest BCUT2D eigenvalue weighted by atomic mass is 29.3. The second-order valence-corrected chi connectivity index (χ2v) is 20.4. The Labute approximate surface area is 118 Å². The molecular weight excluding hydrogens is 260 g/mol. The van der Waals surface area contributed by atoms with Gasteiger partial charge in [-0.05, 0) is 0 Å². The van der Waals surface area contributed by atoms with Crippen LogP contribution in [0.25, 0.3) is 0 Å². The molecule has 1 aliphatic heterocycles. The maximum absolute atomic E-state index is 2.65. The van der Waals surface area contributed by atoms with E-state index >= 15 is 0 Å². The predicted molar refractivity (Wildman–Crippen MR) is 89.6 cm³/mol. The summed E-state index contributed by atoms with van der Waals surface area (Å²) in [6.07, 6.45) is 1.44. The molecule has 1 aliphatic rings. The molecule has 2 aromatic rings. The van der Waals surface area contributed by atoms with Crippen molar-refractivity contribution in [2.75, 3.05) is 0 Å². The molecule has 0 aromatic heterocycles. The normalized spacial score (nSPS) is 30.4. The monoisotopic (exact) mass is 282 g/mol. The van der Waals surface area contributed by atoms with Crippen molar-refractivity contribution in [3.8, 4) is 0 Å². The van der Waals surface area contributed by atoms with Crippen LogP contribution in [0.1, 0.15) is 6.42 Å². The van der Waals surface area contributed by atoms with E-state index in [1.54, 1.807) is 10.4 Å². The lowest BCUT2D eigenvalue weighted by Crippen LogP contribution is -2.69. The number of rotatable bonds is 2. The molecule has 0 amide bonds. The Bertz CT molecular complexity index is 500. The van der Waals surface area contributed by atoms with Crippen LogP contribution in [0.3, 0.4) is 0 Å². The van der Waals surface area contributed by atoms with Gasteiger partial charge in [0, 0.05) is 0 Å². The summed E-state index contributed by atoms with van der Waals surface area (Å²) in [5, 5.41) is 3.37. The highest BCUT2D eigenvalue weighted by Gasteiger charge is 2.53. The molecule has 0 unspecified atom stereocenters. The van der Waals surface area contributed by atoms with Crippen LogP contribution in [0.15, 0.2) is 60.7 Å². The van der Waals surface area contributed by atoms with E-state index in [4.69, 9.17) is 0 Å². The third-order valence-corrected chi connectivity index (χ3v) is 24.3. The van der Waals surface area contributed by atoms with Crippen molar-refractivity contribution in [3.63, 3.8) is 0 Å². The average molecular weight is 283 g/mol. The summed E-state index contributed by atoms with van der Waals surface area (Å²) < 4.78 is 0. The second-order valence-electron chi connectivity index (χ2n) is 6.25. The number of benzene rings is 2. The summed E-state index contributed by atoms with van der Waals surface area (Å²) in [5.41, 5.74) is 0. The summed E-state index contributed by atoms with van der Waals surface area (Å²) in [6, 6.07) is 25.8. The van der Waals surface area contributed by atoms with Gasteiger partial charge in [0.25, 0.3) is 0 Å². The Morgan fingerprint density at radius 3 is 1.37 bits per heavy atom. The van der Waals surface area contributed by atoms with Gasteiger partial charge in [0.1, 0.15) is 0 Å². The maximum atomic E-state index is 2.65. The van der Waals surface area contributed by atoms with Gasteiger partial charge in [-0.1, -0.05) is 103 Å². The zero-order chi connectivity index (χ0) is 13.3. The van der Waals surface area contributed by atoms with Gasteiger partial charge in [-0.3, -0.25) is 0 Å². The van der Waals surface area contributed by atoms with E-state index in [0.717, 1.165) is 0 Å². The Hall–Kier alpha value is -1.13. The standard InChI is InChI=1S/C17H22Si2/c1-18(16-10-5-3-6-11-16)14-9-15-19(18,2)17-12-7-4-8-13-17/h3-8,10-13H,9,14-15H2,1-2H3/t18-,19+. The van der Waals surface area contributed by atoms with Crippen molar-refractivity contribution in [1.29, 1.82) is 0 Å². The lowest BCUT2D eigenvalue weighted by molar-refractivity contribution is 1.08. The fourth-order valence-corrected chi connectivity index (χ4v) is 20.0. The van der Waals surface area contributed by atoms with Crippen LogP contribution in [-0.2, 0) is 0 Å². The number of hydrogen-bond donors (Lipinski definition) is 0. The van der Waals surface area contributed by atoms with Crippen LogP contribution in [0.4, 0.5) is 0 Å². The first-order valence-corrected chi connectivity index (χ1v) is 13.7. The molecule has 2 heteroatoms. The Kier molecular flexibility index (Phi) is 3.23. The van der Waals surface area contributed by atoms with Gasteiger partial charge in [0.15, 0.2) is 0 Å². The SMILES string of the molecule is C[Si@@]1(c2ccccc2)CCC[Si@]1(C)c1ccccc1. The summed E-state index contributed by atoms with van der Waals surface area (Å²) in [4.78, 5) is 0. The highest BCUT2D eigenvalue weighted by molar-refractivity contribution is 7.51. The molecule has 0 spiro atoms. The van der Waals surface area contributed by atoms with Crippen LogP contribution in [0, 0.1) is 0 Å². The van der Waals surface area contributed by atoms with Gasteiger partial charge in [-0.2, -0.15) is 0 Å². The topological polar surface area (TPSA) is 0 Å². The fourth-order valence-electron chi connectivity index (χ4n) is 3.89. The van der Waals surface area contributed by atoms with Gasteiger partial charge in [0.05, 0.1) is 15.2 Å². The largest absolute Gasteiger partial charge is 0.0823 e. The molecule has 0 N–H and O–H groups in total. The Morgan fingerprint density at radius 1 is 0.632 bits per heavy atom. The maximum Gasteiger partial charge on any atom is 0.0823 e. The molecule has 0 bridgehead atoms. The van der Waals surface area contributed by atoms with Gasteiger partial charge >= 0.3 is 0 Å². The lowest BCUT2D eigenvalue weighted by atomic mass is 10.4. The molecule has 1 saturated heterocycles. The molecule has 2 atom stereocenters. The summed E-state index contributed by atoms with van der Waals surface area (Å²) in [7, 11) is -2.64. The summed E-state index contributed by atoms with van der Waals surface area (Å²) in [5.74, 6) is 0. The molecule has 19 heavy (non-hydrogen) atoms. The van der Waals surface area contributed by atoms with E-state index in [1.807, 2.05) is 0 Å². The van der Waals surface area contributed by atoms with E-state index < -0.39 is 15.2 Å². The van der Waals surface area contributed by atoms with Crippen molar-refractivity contribution in [1.82, 2.24) is 0 Å². The van der Waals surface area contributed by atoms with E-state index in [2.05, 4.69) is 73.8 Å². The average Bonchev–Trinajstić information content (AvgIpc) is 2.79. The first-order valence-electron chi connectivity index (χ1n) is 7.28. The van der Waals surface area contributed by atoms with E-state index in [-0.39, 0.29) is 0 Å². The molecule has 1 heterocycles. The molecule has 2 aromatic carbocycles. The van der Waals surface area contributed by atoms with Crippen molar-refractivity contribution < 1.29 is 0 Å². The Balaban J connectivity index is 2.11. The van der Waals surface area contributed by atoms with Gasteiger partial charge < -0.3 is 0 Å². The summed E-state index contributed by atoms with van der Waals surface area (Å²) in [6.45, 7) is 5.29. The van der Waals surface area contributed by atoms with Crippen LogP contribution in [-0.4, -0.2) is 15.2 Å². The zero-order valence-corrected chi connectivity index (χ0v) is 13.9. The van der Waals surface area contributed by atoms with E-state index in [0.29, 0.717) is 0 Å². The van der Waals surface area contributed by atoms with Gasteiger partial charge in [-0.25, -0.2) is 0 Å². The lowest BCUT2D eigenvalue weighted by Gasteiger charge is -2.39. The quantitative estimate of drug-likeness (QED) is 0.740. The minimum atomic E-state index is -1.32. The minimum absolute atomic E-state index is 1.32. The van der Waals surface area contributed by atoms with Crippen LogP contribution < -0.4 is 10.4 Å². The molecule has 0 saturated carbocycles. The van der Waals surface area contributed by atoms with Crippen molar-refractivity contribution in [2.24, 2.45) is 0 Å². The minimum Gasteiger partial charge on any atom is -0.0669 e. The summed E-state index contributed by atoms with van der Waals surface area (Å²) >= 11 is 0. The molecule has 0 nitrogen and oxygen atoms in total. The highest BCUT2D eigenvalue weighted by Crippen LogP contribution is 2.37. The van der Waals surface area contributed by atoms with Gasteiger partial charge in [0.2, 0.25) is 0 Å². The third kappa shape index (κ3) is 1.94. The van der Waals surface area contributed by atoms with Crippen LogP contribution in [0.5, 0.6) is 0 Å². The van der Waals surface area contributed by atoms with Gasteiger partial charge in [-0.15, -0.1) is 0 Å². The van der Waals surface area contributed by atoms with Crippen molar-refractivity contribution in [3.05, 3.63) is 60.7 Å². The predicted octanol–water partition coefficient (Wildman–Crippen LogP) is 3.44. The molecule has 3 rings (SSSR count). The second kappa shape index (κ2) is 4.76. The number of hydrogen-bond acceptors (Lipinski definition) is 0. The third-order valence-electron chi connectivity index (χ3n) is 5.39. The van der Waals surface area contributed by atoms with E-state index in [1.165, 1.54) is 18.5 Å². The Morgan fingerprint density at radius 2 is 1.00 bits per heavy atom. The first-order chi connectivity index (χ1) is 9.17. The van der Waals surface area contributed by atoms with E-state index in [9.17, 15) is 0 Å². The smallest absolute Gasteiger partial charge is 0.0669 e. The molecule has 1 fully saturated rings. The van der Waals surface area contributed by atoms with Crippen molar-refractivity contribution >= 4 is 25.6 Å². The molecule has 0 aliphatic carbocycles. The van der Waals surface area contributed by atoms with Crippen LogP contribution >= 0.6 is 0 Å². The molecular formula is C17H22Si2.